The molecule has 0 bridgehead atoms. The molecular weight excluding hydrogens is 234 g/mol. The number of nitrogens with zero attached hydrogens (tertiary/aromatic N) is 1. The molecule has 0 saturated carbocycles. The molecule has 1 aliphatic heterocycles. The Balaban J connectivity index is 2.04. The number of hydrogen-bond acceptors (Lipinski definition) is 3. The number of carbonyl (C=O) groups is 1. The van der Waals surface area contributed by atoms with Gasteiger partial charge in [-0.05, 0) is 36.3 Å². The van der Waals surface area contributed by atoms with Crippen LogP contribution >= 0.6 is 11.3 Å². The molecule has 1 spiro atoms. The number of hydrogen-bond donors (Lipinski definition) is 2. The molecule has 1 aromatic heterocycles. The van der Waals surface area contributed by atoms with Crippen molar-refractivity contribution in [1.82, 2.24) is 10.2 Å². The summed E-state index contributed by atoms with van der Waals surface area (Å²) in [6.07, 6.45) is 3.60. The van der Waals surface area contributed by atoms with E-state index in [4.69, 9.17) is 5.41 Å². The van der Waals surface area contributed by atoms with E-state index in [1.165, 1.54) is 15.3 Å². The summed E-state index contributed by atoms with van der Waals surface area (Å²) in [4.78, 5) is 14.6. The molecule has 17 heavy (non-hydrogen) atoms. The Labute approximate surface area is 104 Å². The van der Waals surface area contributed by atoms with Crippen LogP contribution in [-0.4, -0.2) is 23.8 Å². The Bertz CT molecular complexity index is 476. The number of aryl methyl sites for hydroxylation is 1. The van der Waals surface area contributed by atoms with Gasteiger partial charge in [-0.25, -0.2) is 0 Å². The van der Waals surface area contributed by atoms with Crippen molar-refractivity contribution in [2.75, 3.05) is 7.05 Å². The highest BCUT2D eigenvalue weighted by atomic mass is 32.1. The number of nitrogens with one attached hydrogen (secondary N) is 2. The van der Waals surface area contributed by atoms with Gasteiger partial charge in [-0.1, -0.05) is 0 Å². The monoisotopic (exact) mass is 249 g/mol. The smallest absolute Gasteiger partial charge is 0.231 e. The van der Waals surface area contributed by atoms with Crippen molar-refractivity contribution in [2.24, 2.45) is 0 Å². The van der Waals surface area contributed by atoms with E-state index in [0.717, 1.165) is 19.3 Å². The van der Waals surface area contributed by atoms with Crippen molar-refractivity contribution in [2.45, 2.75) is 31.2 Å². The minimum atomic E-state index is -0.303. The maximum absolute atomic E-state index is 12.0. The molecule has 1 aliphatic carbocycles. The lowest BCUT2D eigenvalue weighted by molar-refractivity contribution is -0.129. The number of rotatable bonds is 0. The van der Waals surface area contributed by atoms with Crippen molar-refractivity contribution in [1.29, 1.82) is 5.41 Å². The second-order valence-corrected chi connectivity index (χ2v) is 5.73. The topological polar surface area (TPSA) is 56.2 Å². The summed E-state index contributed by atoms with van der Waals surface area (Å²) < 4.78 is 0. The van der Waals surface area contributed by atoms with Crippen LogP contribution in [0.3, 0.4) is 0 Å². The summed E-state index contributed by atoms with van der Waals surface area (Å²) in [5, 5.41) is 13.2. The number of carbonyl (C=O) groups excluding carboxylic acids is 1. The van der Waals surface area contributed by atoms with E-state index in [0.29, 0.717) is 6.42 Å². The lowest BCUT2D eigenvalue weighted by atomic mass is 9.79. The number of fused-ring (bicyclic) bond motifs is 2. The molecular formula is C12H15N3OS. The highest BCUT2D eigenvalue weighted by Crippen LogP contribution is 2.42. The van der Waals surface area contributed by atoms with Gasteiger partial charge in [0.05, 0.1) is 12.0 Å². The molecule has 0 unspecified atom stereocenters. The number of guanidine groups is 1. The molecule has 5 heteroatoms. The van der Waals surface area contributed by atoms with Crippen LogP contribution in [0.25, 0.3) is 0 Å². The van der Waals surface area contributed by atoms with Crippen LogP contribution in [-0.2, 0) is 16.8 Å². The summed E-state index contributed by atoms with van der Waals surface area (Å²) in [5.41, 5.74) is 1.04. The zero-order chi connectivity index (χ0) is 12.0. The lowest BCUT2D eigenvalue weighted by Gasteiger charge is -2.43. The fourth-order valence-electron chi connectivity index (χ4n) is 2.79. The Kier molecular flexibility index (Phi) is 2.26. The molecule has 3 rings (SSSR count). The maximum atomic E-state index is 12.0. The van der Waals surface area contributed by atoms with Crippen LogP contribution in [0.4, 0.5) is 0 Å². The second kappa shape index (κ2) is 3.57. The zero-order valence-electron chi connectivity index (χ0n) is 9.75. The molecule has 1 fully saturated rings. The van der Waals surface area contributed by atoms with Gasteiger partial charge in [0.15, 0.2) is 5.96 Å². The third-order valence-corrected chi connectivity index (χ3v) is 4.91. The van der Waals surface area contributed by atoms with E-state index >= 15 is 0 Å². The first-order valence-electron chi connectivity index (χ1n) is 5.82. The molecule has 1 saturated heterocycles. The van der Waals surface area contributed by atoms with E-state index in [1.807, 2.05) is 0 Å². The summed E-state index contributed by atoms with van der Waals surface area (Å²) in [6.45, 7) is 0. The van der Waals surface area contributed by atoms with Crippen LogP contribution in [0.15, 0.2) is 11.4 Å². The minimum Gasteiger partial charge on any atom is -0.345 e. The van der Waals surface area contributed by atoms with Gasteiger partial charge in [0, 0.05) is 11.9 Å². The first kappa shape index (κ1) is 10.8. The van der Waals surface area contributed by atoms with Crippen molar-refractivity contribution >= 4 is 23.2 Å². The largest absolute Gasteiger partial charge is 0.345 e. The van der Waals surface area contributed by atoms with Gasteiger partial charge in [-0.2, -0.15) is 0 Å². The van der Waals surface area contributed by atoms with E-state index in [2.05, 4.69) is 16.8 Å². The molecule has 0 aromatic carbocycles. The van der Waals surface area contributed by atoms with Crippen LogP contribution in [0.5, 0.6) is 0 Å². The Morgan fingerprint density at radius 1 is 1.59 bits per heavy atom. The fraction of sp³-hybridized carbons (Fsp3) is 0.500. The van der Waals surface area contributed by atoms with Crippen LogP contribution in [0, 0.1) is 5.41 Å². The van der Waals surface area contributed by atoms with E-state index in [1.54, 1.807) is 18.4 Å². The van der Waals surface area contributed by atoms with Crippen molar-refractivity contribution in [3.05, 3.63) is 21.9 Å². The lowest BCUT2D eigenvalue weighted by Crippen LogP contribution is -2.60. The quantitative estimate of drug-likeness (QED) is 0.735. The third-order valence-electron chi connectivity index (χ3n) is 3.75. The van der Waals surface area contributed by atoms with E-state index < -0.39 is 0 Å². The Morgan fingerprint density at radius 2 is 2.41 bits per heavy atom. The SMILES string of the molecule is CN1C(=N)N[C@@]2(CCCc3ccsc32)CC1=O. The van der Waals surface area contributed by atoms with Crippen LogP contribution < -0.4 is 5.32 Å². The predicted molar refractivity (Wildman–Crippen MR) is 67.2 cm³/mol. The van der Waals surface area contributed by atoms with Crippen molar-refractivity contribution < 1.29 is 4.79 Å². The second-order valence-electron chi connectivity index (χ2n) is 4.81. The van der Waals surface area contributed by atoms with E-state index in [9.17, 15) is 4.79 Å². The highest BCUT2D eigenvalue weighted by molar-refractivity contribution is 7.10. The Morgan fingerprint density at radius 3 is 3.18 bits per heavy atom. The van der Waals surface area contributed by atoms with Gasteiger partial charge < -0.3 is 5.32 Å². The minimum absolute atomic E-state index is 0.0370. The fourth-order valence-corrected chi connectivity index (χ4v) is 3.93. The first-order chi connectivity index (χ1) is 8.12. The van der Waals surface area contributed by atoms with Crippen LogP contribution in [0.2, 0.25) is 0 Å². The molecule has 2 N–H and O–H groups in total. The summed E-state index contributed by atoms with van der Waals surface area (Å²) in [7, 11) is 1.66. The Hall–Kier alpha value is -1.36. The molecule has 1 amide bonds. The molecule has 2 heterocycles. The van der Waals surface area contributed by atoms with Gasteiger partial charge >= 0.3 is 0 Å². The average Bonchev–Trinajstić information content (AvgIpc) is 2.76. The average molecular weight is 249 g/mol. The molecule has 1 atom stereocenters. The number of amides is 1. The van der Waals surface area contributed by atoms with Gasteiger partial charge in [-0.15, -0.1) is 11.3 Å². The van der Waals surface area contributed by atoms with Crippen molar-refractivity contribution in [3.8, 4) is 0 Å². The maximum Gasteiger partial charge on any atom is 0.231 e. The summed E-state index contributed by atoms with van der Waals surface area (Å²) >= 11 is 1.71. The van der Waals surface area contributed by atoms with Crippen molar-refractivity contribution in [3.63, 3.8) is 0 Å². The third kappa shape index (κ3) is 1.49. The molecule has 1 aromatic rings. The summed E-state index contributed by atoms with van der Waals surface area (Å²) in [6, 6.07) is 2.15. The van der Waals surface area contributed by atoms with Gasteiger partial charge in [0.1, 0.15) is 0 Å². The normalized spacial score (nSPS) is 28.2. The highest BCUT2D eigenvalue weighted by Gasteiger charge is 2.44. The van der Waals surface area contributed by atoms with Crippen LogP contribution in [0.1, 0.15) is 29.7 Å². The van der Waals surface area contributed by atoms with Gasteiger partial charge in [-0.3, -0.25) is 15.1 Å². The van der Waals surface area contributed by atoms with Gasteiger partial charge in [0.25, 0.3) is 0 Å². The van der Waals surface area contributed by atoms with E-state index in [-0.39, 0.29) is 17.4 Å². The molecule has 0 radical (unpaired) electrons. The molecule has 4 nitrogen and oxygen atoms in total. The standard InChI is InChI=1S/C12H15N3OS/c1-15-9(16)7-12(14-11(15)13)5-2-3-8-4-6-17-10(8)12/h4,6H,2-3,5,7H2,1H3,(H2,13,14)/t12-/m0/s1. The molecule has 2 aliphatic rings. The predicted octanol–water partition coefficient (Wildman–Crippen LogP) is 1.67. The zero-order valence-corrected chi connectivity index (χ0v) is 10.6. The number of thiophene rings is 1. The van der Waals surface area contributed by atoms with Gasteiger partial charge in [0.2, 0.25) is 5.91 Å². The summed E-state index contributed by atoms with van der Waals surface area (Å²) in [5.74, 6) is 0.262. The molecule has 90 valence electrons. The first-order valence-corrected chi connectivity index (χ1v) is 6.70.